The molecule has 2 rings (SSSR count). The largest absolute Gasteiger partial charge is 0.481 e. The standard InChI is InChI=1S/C14H25N3O3/c1-11(17-7-2-3-8-17)10-15-13(20)16-14(5-4-6-14)9-12(18)19/h11H,2-10H2,1H3,(H,18,19)(H2,15,16,20). The quantitative estimate of drug-likeness (QED) is 0.683. The molecule has 0 aromatic heterocycles. The number of carbonyl (C=O) groups is 2. The SMILES string of the molecule is CC(CNC(=O)NC1(CC(=O)O)CCC1)N1CCCC1. The molecule has 0 aromatic carbocycles. The highest BCUT2D eigenvalue weighted by Gasteiger charge is 2.40. The van der Waals surface area contributed by atoms with E-state index in [-0.39, 0.29) is 12.5 Å². The van der Waals surface area contributed by atoms with Gasteiger partial charge in [0, 0.05) is 12.6 Å². The number of carboxylic acid groups (broad SMARTS) is 1. The van der Waals surface area contributed by atoms with Crippen LogP contribution in [-0.4, -0.2) is 53.2 Å². The highest BCUT2D eigenvalue weighted by Crippen LogP contribution is 2.34. The third-order valence-corrected chi connectivity index (χ3v) is 4.50. The number of amides is 2. The highest BCUT2D eigenvalue weighted by atomic mass is 16.4. The molecule has 0 radical (unpaired) electrons. The van der Waals surface area contributed by atoms with Crippen LogP contribution in [-0.2, 0) is 4.79 Å². The second-order valence-corrected chi connectivity index (χ2v) is 6.13. The molecule has 20 heavy (non-hydrogen) atoms. The van der Waals surface area contributed by atoms with E-state index in [2.05, 4.69) is 22.5 Å². The Morgan fingerprint density at radius 2 is 1.90 bits per heavy atom. The van der Waals surface area contributed by atoms with Crippen molar-refractivity contribution >= 4 is 12.0 Å². The van der Waals surface area contributed by atoms with Crippen molar-refractivity contribution in [3.05, 3.63) is 0 Å². The minimum atomic E-state index is -0.851. The number of hydrogen-bond acceptors (Lipinski definition) is 3. The normalized spacial score (nSPS) is 22.9. The first-order valence-electron chi connectivity index (χ1n) is 7.53. The van der Waals surface area contributed by atoms with Crippen molar-refractivity contribution in [3.63, 3.8) is 0 Å². The predicted molar refractivity (Wildman–Crippen MR) is 75.6 cm³/mol. The van der Waals surface area contributed by atoms with Gasteiger partial charge in [-0.25, -0.2) is 4.79 Å². The minimum Gasteiger partial charge on any atom is -0.481 e. The number of aliphatic carboxylic acids is 1. The van der Waals surface area contributed by atoms with E-state index in [9.17, 15) is 9.59 Å². The summed E-state index contributed by atoms with van der Waals surface area (Å²) in [6.45, 7) is 4.93. The fraction of sp³-hybridized carbons (Fsp3) is 0.857. The molecule has 0 aromatic rings. The molecule has 1 saturated heterocycles. The number of carbonyl (C=O) groups excluding carboxylic acids is 1. The van der Waals surface area contributed by atoms with Gasteiger partial charge in [-0.1, -0.05) is 0 Å². The summed E-state index contributed by atoms with van der Waals surface area (Å²) in [5.41, 5.74) is -0.521. The van der Waals surface area contributed by atoms with Gasteiger partial charge in [0.25, 0.3) is 0 Å². The minimum absolute atomic E-state index is 0.0160. The van der Waals surface area contributed by atoms with Gasteiger partial charge in [-0.3, -0.25) is 9.69 Å². The lowest BCUT2D eigenvalue weighted by Crippen LogP contribution is -2.58. The Bertz CT molecular complexity index is 363. The van der Waals surface area contributed by atoms with E-state index in [1.807, 2.05) is 0 Å². The average Bonchev–Trinajstić information content (AvgIpc) is 2.86. The summed E-state index contributed by atoms with van der Waals surface area (Å²) in [7, 11) is 0. The number of likely N-dealkylation sites (tertiary alicyclic amines) is 1. The molecule has 6 nitrogen and oxygen atoms in total. The fourth-order valence-electron chi connectivity index (χ4n) is 3.08. The summed E-state index contributed by atoms with van der Waals surface area (Å²) in [6, 6.07) is 0.0945. The number of rotatable bonds is 6. The summed E-state index contributed by atoms with van der Waals surface area (Å²) in [5.74, 6) is -0.851. The third kappa shape index (κ3) is 3.85. The van der Waals surface area contributed by atoms with Gasteiger partial charge in [0.1, 0.15) is 0 Å². The molecule has 1 unspecified atom stereocenters. The number of hydrogen-bond donors (Lipinski definition) is 3. The van der Waals surface area contributed by atoms with Crippen LogP contribution in [0.4, 0.5) is 4.79 Å². The lowest BCUT2D eigenvalue weighted by Gasteiger charge is -2.41. The molecule has 1 atom stereocenters. The van der Waals surface area contributed by atoms with E-state index in [1.54, 1.807) is 0 Å². The summed E-state index contributed by atoms with van der Waals surface area (Å²) in [5, 5.41) is 14.6. The van der Waals surface area contributed by atoms with Crippen LogP contribution in [0.1, 0.15) is 45.4 Å². The first-order valence-corrected chi connectivity index (χ1v) is 7.53. The maximum absolute atomic E-state index is 11.9. The smallest absolute Gasteiger partial charge is 0.315 e. The first kappa shape index (κ1) is 15.1. The zero-order chi connectivity index (χ0) is 14.6. The topological polar surface area (TPSA) is 81.7 Å². The van der Waals surface area contributed by atoms with Crippen molar-refractivity contribution in [1.29, 1.82) is 0 Å². The van der Waals surface area contributed by atoms with Crippen molar-refractivity contribution < 1.29 is 14.7 Å². The molecule has 3 N–H and O–H groups in total. The molecular formula is C14H25N3O3. The van der Waals surface area contributed by atoms with Gasteiger partial charge < -0.3 is 15.7 Å². The Morgan fingerprint density at radius 1 is 1.25 bits per heavy atom. The van der Waals surface area contributed by atoms with Crippen LogP contribution < -0.4 is 10.6 Å². The molecule has 1 heterocycles. The van der Waals surface area contributed by atoms with Crippen LogP contribution in [0.5, 0.6) is 0 Å². The average molecular weight is 283 g/mol. The maximum Gasteiger partial charge on any atom is 0.315 e. The van der Waals surface area contributed by atoms with E-state index >= 15 is 0 Å². The van der Waals surface area contributed by atoms with Crippen LogP contribution in [0.2, 0.25) is 0 Å². The predicted octanol–water partition coefficient (Wildman–Crippen LogP) is 1.17. The zero-order valence-electron chi connectivity index (χ0n) is 12.2. The Morgan fingerprint density at radius 3 is 2.40 bits per heavy atom. The van der Waals surface area contributed by atoms with Gasteiger partial charge in [0.2, 0.25) is 0 Å². The molecule has 2 aliphatic rings. The van der Waals surface area contributed by atoms with Crippen LogP contribution in [0, 0.1) is 0 Å². The summed E-state index contributed by atoms with van der Waals surface area (Å²) >= 11 is 0. The lowest BCUT2D eigenvalue weighted by molar-refractivity contribution is -0.139. The zero-order valence-corrected chi connectivity index (χ0v) is 12.2. The lowest BCUT2D eigenvalue weighted by atomic mass is 9.74. The molecule has 2 amide bonds. The Kier molecular flexibility index (Phi) is 4.86. The van der Waals surface area contributed by atoms with Crippen LogP contribution in [0.15, 0.2) is 0 Å². The van der Waals surface area contributed by atoms with Gasteiger partial charge >= 0.3 is 12.0 Å². The van der Waals surface area contributed by atoms with Gasteiger partial charge in [-0.15, -0.1) is 0 Å². The monoisotopic (exact) mass is 283 g/mol. The summed E-state index contributed by atoms with van der Waals surface area (Å²) in [6.07, 6.45) is 4.99. The van der Waals surface area contributed by atoms with E-state index < -0.39 is 11.5 Å². The molecule has 1 aliphatic carbocycles. The van der Waals surface area contributed by atoms with E-state index in [4.69, 9.17) is 5.11 Å². The highest BCUT2D eigenvalue weighted by molar-refractivity contribution is 5.77. The number of carboxylic acids is 1. The fourth-order valence-corrected chi connectivity index (χ4v) is 3.08. The van der Waals surface area contributed by atoms with Gasteiger partial charge in [-0.2, -0.15) is 0 Å². The van der Waals surface area contributed by atoms with Crippen molar-refractivity contribution in [2.24, 2.45) is 0 Å². The summed E-state index contributed by atoms with van der Waals surface area (Å²) < 4.78 is 0. The maximum atomic E-state index is 11.9. The number of urea groups is 1. The number of nitrogens with one attached hydrogen (secondary N) is 2. The van der Waals surface area contributed by atoms with E-state index in [0.717, 1.165) is 32.4 Å². The molecule has 114 valence electrons. The van der Waals surface area contributed by atoms with Gasteiger partial charge in [0.05, 0.1) is 12.0 Å². The molecular weight excluding hydrogens is 258 g/mol. The van der Waals surface area contributed by atoms with Crippen molar-refractivity contribution in [1.82, 2.24) is 15.5 Å². The van der Waals surface area contributed by atoms with Crippen molar-refractivity contribution in [2.75, 3.05) is 19.6 Å². The second-order valence-electron chi connectivity index (χ2n) is 6.13. The summed E-state index contributed by atoms with van der Waals surface area (Å²) in [4.78, 5) is 25.1. The molecule has 1 aliphatic heterocycles. The van der Waals surface area contributed by atoms with E-state index in [1.165, 1.54) is 12.8 Å². The first-order chi connectivity index (χ1) is 9.51. The molecule has 1 saturated carbocycles. The molecule has 0 bridgehead atoms. The third-order valence-electron chi connectivity index (χ3n) is 4.50. The van der Waals surface area contributed by atoms with Crippen molar-refractivity contribution in [2.45, 2.75) is 57.0 Å². The molecule has 2 fully saturated rings. The van der Waals surface area contributed by atoms with Crippen LogP contribution in [0.25, 0.3) is 0 Å². The Labute approximate surface area is 119 Å². The van der Waals surface area contributed by atoms with Crippen LogP contribution in [0.3, 0.4) is 0 Å². The Hall–Kier alpha value is -1.30. The van der Waals surface area contributed by atoms with Crippen LogP contribution >= 0.6 is 0 Å². The molecule has 6 heteroatoms. The Balaban J connectivity index is 1.72. The van der Waals surface area contributed by atoms with Gasteiger partial charge in [-0.05, 0) is 52.1 Å². The van der Waals surface area contributed by atoms with E-state index in [0.29, 0.717) is 12.6 Å². The second kappa shape index (κ2) is 6.43. The van der Waals surface area contributed by atoms with Crippen molar-refractivity contribution in [3.8, 4) is 0 Å². The molecule has 0 spiro atoms. The number of nitrogens with zero attached hydrogens (tertiary/aromatic N) is 1. The van der Waals surface area contributed by atoms with Gasteiger partial charge in [0.15, 0.2) is 0 Å².